The zero-order valence-corrected chi connectivity index (χ0v) is 14.1. The molecule has 12 nitrogen and oxygen atoms in total. The highest BCUT2D eigenvalue weighted by Gasteiger charge is 2.29. The zero-order valence-electron chi connectivity index (χ0n) is 14.1. The van der Waals surface area contributed by atoms with Crippen LogP contribution in [0, 0.1) is 0 Å². The molecule has 0 radical (unpaired) electrons. The maximum atomic E-state index is 12.2. The standard InChI is InChI=1S/C14H25N5O7/c15-4-2-1-3-8(14(25)26)18-13(24)9(6-10(17)20)19-12(23)7(16)5-11(21)22/h7-9H,1-6,15-16H2,(H2,17,20)(H,18,24)(H,19,23)(H,21,22)(H,25,26)/t7-,8-,9-/m0/s1. The van der Waals surface area contributed by atoms with E-state index in [1.54, 1.807) is 0 Å². The van der Waals surface area contributed by atoms with Gasteiger partial charge in [-0.05, 0) is 25.8 Å². The van der Waals surface area contributed by atoms with Crippen molar-refractivity contribution in [2.45, 2.75) is 50.2 Å². The fraction of sp³-hybridized carbons (Fsp3) is 0.643. The van der Waals surface area contributed by atoms with Gasteiger partial charge in [-0.2, -0.15) is 0 Å². The predicted molar refractivity (Wildman–Crippen MR) is 88.4 cm³/mol. The molecule has 148 valence electrons. The summed E-state index contributed by atoms with van der Waals surface area (Å²) in [6, 6.07) is -4.17. The first-order valence-corrected chi connectivity index (χ1v) is 7.87. The van der Waals surface area contributed by atoms with Gasteiger partial charge in [-0.15, -0.1) is 0 Å². The molecule has 0 spiro atoms. The van der Waals surface area contributed by atoms with Crippen LogP contribution >= 0.6 is 0 Å². The SMILES string of the molecule is NCCCC[C@H](NC(=O)[C@H](CC(N)=O)NC(=O)[C@@H](N)CC(=O)O)C(=O)O. The number of nitrogens with two attached hydrogens (primary N) is 3. The molecule has 26 heavy (non-hydrogen) atoms. The average molecular weight is 375 g/mol. The summed E-state index contributed by atoms with van der Waals surface area (Å²) in [5.74, 6) is -5.47. The normalized spacial score (nSPS) is 13.9. The Morgan fingerprint density at radius 2 is 1.46 bits per heavy atom. The second-order valence-electron chi connectivity index (χ2n) is 5.62. The Balaban J connectivity index is 5.00. The molecule has 0 aromatic heterocycles. The molecule has 0 saturated carbocycles. The minimum absolute atomic E-state index is 0.105. The van der Waals surface area contributed by atoms with Gasteiger partial charge in [0.2, 0.25) is 17.7 Å². The highest BCUT2D eigenvalue weighted by Crippen LogP contribution is 2.03. The molecule has 0 heterocycles. The summed E-state index contributed by atoms with van der Waals surface area (Å²) in [5.41, 5.74) is 15.7. The molecule has 10 N–H and O–H groups in total. The number of carbonyl (C=O) groups excluding carboxylic acids is 3. The lowest BCUT2D eigenvalue weighted by Crippen LogP contribution is -2.55. The van der Waals surface area contributed by atoms with E-state index in [2.05, 4.69) is 10.6 Å². The monoisotopic (exact) mass is 375 g/mol. The maximum Gasteiger partial charge on any atom is 0.326 e. The number of carboxylic acids is 2. The van der Waals surface area contributed by atoms with Crippen molar-refractivity contribution in [3.63, 3.8) is 0 Å². The van der Waals surface area contributed by atoms with Crippen molar-refractivity contribution >= 4 is 29.7 Å². The van der Waals surface area contributed by atoms with Crippen LogP contribution in [-0.4, -0.2) is 64.5 Å². The van der Waals surface area contributed by atoms with E-state index in [4.69, 9.17) is 27.4 Å². The second kappa shape index (κ2) is 11.8. The summed E-state index contributed by atoms with van der Waals surface area (Å²) >= 11 is 0. The highest BCUT2D eigenvalue weighted by atomic mass is 16.4. The first-order valence-electron chi connectivity index (χ1n) is 7.87. The van der Waals surface area contributed by atoms with Gasteiger partial charge in [0, 0.05) is 0 Å². The van der Waals surface area contributed by atoms with Gasteiger partial charge in [0.1, 0.15) is 12.1 Å². The van der Waals surface area contributed by atoms with Gasteiger partial charge in [-0.25, -0.2) is 4.79 Å². The van der Waals surface area contributed by atoms with Crippen LogP contribution in [-0.2, 0) is 24.0 Å². The molecule has 0 rings (SSSR count). The van der Waals surface area contributed by atoms with Crippen LogP contribution in [0.25, 0.3) is 0 Å². The Morgan fingerprint density at radius 1 is 0.885 bits per heavy atom. The number of primary amides is 1. The number of carboxylic acid groups (broad SMARTS) is 2. The number of amides is 3. The molecule has 0 saturated heterocycles. The number of hydrogen-bond acceptors (Lipinski definition) is 7. The molecule has 0 fully saturated rings. The van der Waals surface area contributed by atoms with Crippen LogP contribution < -0.4 is 27.8 Å². The Labute approximate surface area is 149 Å². The summed E-state index contributed by atoms with van der Waals surface area (Å²) in [7, 11) is 0. The molecule has 0 bridgehead atoms. The second-order valence-corrected chi connectivity index (χ2v) is 5.62. The smallest absolute Gasteiger partial charge is 0.326 e. The van der Waals surface area contributed by atoms with Gasteiger partial charge in [0.15, 0.2) is 0 Å². The molecular weight excluding hydrogens is 350 g/mol. The van der Waals surface area contributed by atoms with Crippen molar-refractivity contribution in [3.8, 4) is 0 Å². The Kier molecular flexibility index (Phi) is 10.5. The largest absolute Gasteiger partial charge is 0.481 e. The van der Waals surface area contributed by atoms with Crippen LogP contribution in [0.1, 0.15) is 32.1 Å². The fourth-order valence-corrected chi connectivity index (χ4v) is 1.99. The molecular formula is C14H25N5O7. The number of unbranched alkanes of at least 4 members (excludes halogenated alkanes) is 1. The quantitative estimate of drug-likeness (QED) is 0.161. The Morgan fingerprint density at radius 3 is 1.92 bits per heavy atom. The topological polar surface area (TPSA) is 228 Å². The lowest BCUT2D eigenvalue weighted by Gasteiger charge is -2.21. The van der Waals surface area contributed by atoms with Gasteiger partial charge < -0.3 is 38.0 Å². The number of hydrogen-bond donors (Lipinski definition) is 7. The first kappa shape index (κ1) is 23.3. The lowest BCUT2D eigenvalue weighted by atomic mass is 10.1. The van der Waals surface area contributed by atoms with Crippen LogP contribution in [0.15, 0.2) is 0 Å². The molecule has 0 aromatic carbocycles. The number of nitrogens with one attached hydrogen (secondary N) is 2. The molecule has 0 aliphatic rings. The third kappa shape index (κ3) is 9.54. The number of rotatable bonds is 13. The first-order chi connectivity index (χ1) is 12.1. The van der Waals surface area contributed by atoms with Crippen molar-refractivity contribution in [1.82, 2.24) is 10.6 Å². The summed E-state index contributed by atoms with van der Waals surface area (Å²) in [6.07, 6.45) is -0.177. The summed E-state index contributed by atoms with van der Waals surface area (Å²) < 4.78 is 0. The predicted octanol–water partition coefficient (Wildman–Crippen LogP) is -3.15. The third-order valence-electron chi connectivity index (χ3n) is 3.33. The van der Waals surface area contributed by atoms with Crippen molar-refractivity contribution in [2.75, 3.05) is 6.54 Å². The van der Waals surface area contributed by atoms with Crippen molar-refractivity contribution < 1.29 is 34.2 Å². The van der Waals surface area contributed by atoms with E-state index in [0.29, 0.717) is 19.4 Å². The highest BCUT2D eigenvalue weighted by molar-refractivity contribution is 5.95. The van der Waals surface area contributed by atoms with Gasteiger partial charge in [-0.3, -0.25) is 19.2 Å². The minimum Gasteiger partial charge on any atom is -0.481 e. The maximum absolute atomic E-state index is 12.2. The van der Waals surface area contributed by atoms with E-state index in [0.717, 1.165) is 0 Å². The van der Waals surface area contributed by atoms with Crippen LogP contribution in [0.3, 0.4) is 0 Å². The number of aliphatic carboxylic acids is 2. The van der Waals surface area contributed by atoms with E-state index in [-0.39, 0.29) is 6.42 Å². The lowest BCUT2D eigenvalue weighted by molar-refractivity contribution is -0.143. The molecule has 0 aliphatic heterocycles. The Bertz CT molecular complexity index is 540. The molecule has 3 atom stereocenters. The van der Waals surface area contributed by atoms with Crippen molar-refractivity contribution in [3.05, 3.63) is 0 Å². The molecule has 0 aliphatic carbocycles. The summed E-state index contributed by atoms with van der Waals surface area (Å²) in [4.78, 5) is 57.0. The van der Waals surface area contributed by atoms with Crippen molar-refractivity contribution in [2.24, 2.45) is 17.2 Å². The Hall–Kier alpha value is -2.73. The van der Waals surface area contributed by atoms with Crippen molar-refractivity contribution in [1.29, 1.82) is 0 Å². The number of carbonyl (C=O) groups is 5. The average Bonchev–Trinajstić information content (AvgIpc) is 2.51. The van der Waals surface area contributed by atoms with E-state index in [9.17, 15) is 24.0 Å². The van der Waals surface area contributed by atoms with Gasteiger partial charge in [-0.1, -0.05) is 0 Å². The van der Waals surface area contributed by atoms with Gasteiger partial charge >= 0.3 is 11.9 Å². The van der Waals surface area contributed by atoms with E-state index >= 15 is 0 Å². The minimum atomic E-state index is -1.48. The molecule has 3 amide bonds. The molecule has 0 unspecified atom stereocenters. The van der Waals surface area contributed by atoms with E-state index in [1.807, 2.05) is 0 Å². The summed E-state index contributed by atoms with van der Waals surface area (Å²) in [5, 5.41) is 22.1. The van der Waals surface area contributed by atoms with E-state index < -0.39 is 60.6 Å². The van der Waals surface area contributed by atoms with Gasteiger partial charge in [0.25, 0.3) is 0 Å². The van der Waals surface area contributed by atoms with Crippen LogP contribution in [0.4, 0.5) is 0 Å². The zero-order chi connectivity index (χ0) is 20.3. The van der Waals surface area contributed by atoms with Gasteiger partial charge in [0.05, 0.1) is 18.9 Å². The van der Waals surface area contributed by atoms with Crippen LogP contribution in [0.5, 0.6) is 0 Å². The summed E-state index contributed by atoms with van der Waals surface area (Å²) in [6.45, 7) is 0.363. The fourth-order valence-electron chi connectivity index (χ4n) is 1.99. The molecule has 0 aromatic rings. The third-order valence-corrected chi connectivity index (χ3v) is 3.33. The molecule has 12 heteroatoms. The van der Waals surface area contributed by atoms with E-state index in [1.165, 1.54) is 0 Å². The van der Waals surface area contributed by atoms with Crippen LogP contribution in [0.2, 0.25) is 0 Å².